The molecular formula is C12H18N2S2. The molecule has 2 rings (SSSR count). The number of nitrogens with one attached hydrogen (secondary N) is 1. The smallest absolute Gasteiger partial charge is 0.157 e. The number of hydrogen-bond acceptors (Lipinski definition) is 4. The molecule has 2 unspecified atom stereocenters. The van der Waals surface area contributed by atoms with E-state index in [9.17, 15) is 0 Å². The van der Waals surface area contributed by atoms with E-state index in [0.717, 1.165) is 18.1 Å². The number of amidine groups is 1. The van der Waals surface area contributed by atoms with Crippen LogP contribution in [-0.4, -0.2) is 23.0 Å². The quantitative estimate of drug-likeness (QED) is 0.896. The van der Waals surface area contributed by atoms with Gasteiger partial charge in [0.25, 0.3) is 0 Å². The fourth-order valence-electron chi connectivity index (χ4n) is 1.71. The molecule has 1 aliphatic rings. The molecular weight excluding hydrogens is 236 g/mol. The fourth-order valence-corrected chi connectivity index (χ4v) is 3.68. The maximum Gasteiger partial charge on any atom is 0.157 e. The molecule has 1 N–H and O–H groups in total. The Morgan fingerprint density at radius 2 is 2.38 bits per heavy atom. The van der Waals surface area contributed by atoms with Crippen LogP contribution in [0.15, 0.2) is 17.1 Å². The highest BCUT2D eigenvalue weighted by atomic mass is 32.2. The van der Waals surface area contributed by atoms with E-state index in [1.165, 1.54) is 9.75 Å². The number of thioether (sulfide) groups is 1. The maximum atomic E-state index is 4.48. The Balaban J connectivity index is 1.82. The largest absolute Gasteiger partial charge is 0.362 e. The van der Waals surface area contributed by atoms with Crippen molar-refractivity contribution in [3.05, 3.63) is 21.9 Å². The van der Waals surface area contributed by atoms with Gasteiger partial charge in [0.15, 0.2) is 5.17 Å². The van der Waals surface area contributed by atoms with Crippen LogP contribution in [0.25, 0.3) is 0 Å². The van der Waals surface area contributed by atoms with Crippen molar-refractivity contribution in [3.63, 3.8) is 0 Å². The first-order chi connectivity index (χ1) is 7.63. The molecule has 0 aliphatic carbocycles. The lowest BCUT2D eigenvalue weighted by molar-refractivity contribution is 0.671. The number of nitrogens with zero attached hydrogens (tertiary/aromatic N) is 1. The Hall–Kier alpha value is -0.480. The average molecular weight is 254 g/mol. The lowest BCUT2D eigenvalue weighted by Gasteiger charge is -2.13. The van der Waals surface area contributed by atoms with Crippen molar-refractivity contribution in [1.29, 1.82) is 0 Å². The van der Waals surface area contributed by atoms with Gasteiger partial charge in [0, 0.05) is 27.5 Å². The predicted molar refractivity (Wildman–Crippen MR) is 74.7 cm³/mol. The van der Waals surface area contributed by atoms with E-state index < -0.39 is 0 Å². The summed E-state index contributed by atoms with van der Waals surface area (Å²) in [6.07, 6.45) is 1.09. The number of hydrogen-bond donors (Lipinski definition) is 1. The molecule has 0 aromatic carbocycles. The van der Waals surface area contributed by atoms with Crippen LogP contribution in [0.5, 0.6) is 0 Å². The monoisotopic (exact) mass is 254 g/mol. The third-order valence-corrected chi connectivity index (χ3v) is 4.52. The van der Waals surface area contributed by atoms with Crippen molar-refractivity contribution in [1.82, 2.24) is 5.32 Å². The highest BCUT2D eigenvalue weighted by Crippen LogP contribution is 2.20. The molecule has 1 aromatic heterocycles. The van der Waals surface area contributed by atoms with Crippen LogP contribution in [-0.2, 0) is 6.42 Å². The van der Waals surface area contributed by atoms with Crippen molar-refractivity contribution in [2.75, 3.05) is 6.54 Å². The normalized spacial score (nSPS) is 21.9. The predicted octanol–water partition coefficient (Wildman–Crippen LogP) is 3.07. The average Bonchev–Trinajstić information content (AvgIpc) is 2.76. The Morgan fingerprint density at radius 1 is 1.56 bits per heavy atom. The van der Waals surface area contributed by atoms with Crippen LogP contribution in [0.4, 0.5) is 0 Å². The SMILES string of the molecule is Cc1ccc(CC(C)NC2=NCC(C)S2)s1. The third kappa shape index (κ3) is 3.25. The Bertz CT molecular complexity index is 384. The van der Waals surface area contributed by atoms with Gasteiger partial charge in [-0.1, -0.05) is 18.7 Å². The van der Waals surface area contributed by atoms with Gasteiger partial charge in [0.05, 0.1) is 6.54 Å². The summed E-state index contributed by atoms with van der Waals surface area (Å²) in [5, 5.41) is 5.24. The van der Waals surface area contributed by atoms with Crippen LogP contribution in [0.3, 0.4) is 0 Å². The molecule has 88 valence electrons. The highest BCUT2D eigenvalue weighted by Gasteiger charge is 2.16. The van der Waals surface area contributed by atoms with Crippen molar-refractivity contribution in [2.45, 2.75) is 38.5 Å². The van der Waals surface area contributed by atoms with E-state index in [-0.39, 0.29) is 0 Å². The minimum atomic E-state index is 0.467. The molecule has 1 aromatic rings. The number of rotatable bonds is 3. The lowest BCUT2D eigenvalue weighted by Crippen LogP contribution is -2.31. The van der Waals surface area contributed by atoms with Gasteiger partial charge in [0.1, 0.15) is 0 Å². The van der Waals surface area contributed by atoms with Gasteiger partial charge in [-0.3, -0.25) is 4.99 Å². The number of aliphatic imine (C=N–C) groups is 1. The summed E-state index contributed by atoms with van der Waals surface area (Å²) >= 11 is 3.74. The highest BCUT2D eigenvalue weighted by molar-refractivity contribution is 8.14. The molecule has 2 atom stereocenters. The first kappa shape index (κ1) is 12.0. The van der Waals surface area contributed by atoms with E-state index in [1.807, 2.05) is 23.1 Å². The van der Waals surface area contributed by atoms with Crippen molar-refractivity contribution < 1.29 is 0 Å². The first-order valence-corrected chi connectivity index (χ1v) is 7.36. The van der Waals surface area contributed by atoms with Crippen LogP contribution < -0.4 is 5.32 Å². The summed E-state index contributed by atoms with van der Waals surface area (Å²) in [5.74, 6) is 0. The van der Waals surface area contributed by atoms with E-state index in [4.69, 9.17) is 0 Å². The second-order valence-corrected chi connectivity index (χ2v) is 7.14. The zero-order chi connectivity index (χ0) is 11.5. The van der Waals surface area contributed by atoms with Crippen LogP contribution in [0.2, 0.25) is 0 Å². The number of thiophene rings is 1. The molecule has 0 saturated carbocycles. The molecule has 16 heavy (non-hydrogen) atoms. The zero-order valence-electron chi connectivity index (χ0n) is 9.99. The van der Waals surface area contributed by atoms with Crippen LogP contribution >= 0.6 is 23.1 Å². The van der Waals surface area contributed by atoms with E-state index in [0.29, 0.717) is 11.3 Å². The lowest BCUT2D eigenvalue weighted by atomic mass is 10.2. The van der Waals surface area contributed by atoms with E-state index in [1.54, 1.807) is 0 Å². The van der Waals surface area contributed by atoms with Crippen molar-refractivity contribution >= 4 is 28.3 Å². The van der Waals surface area contributed by atoms with Gasteiger partial charge < -0.3 is 5.32 Å². The first-order valence-electron chi connectivity index (χ1n) is 5.66. The maximum absolute atomic E-state index is 4.48. The minimum absolute atomic E-state index is 0.467. The molecule has 2 nitrogen and oxygen atoms in total. The summed E-state index contributed by atoms with van der Waals surface area (Å²) in [7, 11) is 0. The summed E-state index contributed by atoms with van der Waals surface area (Å²) in [6.45, 7) is 7.56. The van der Waals surface area contributed by atoms with Gasteiger partial charge in [-0.2, -0.15) is 0 Å². The van der Waals surface area contributed by atoms with Crippen molar-refractivity contribution in [3.8, 4) is 0 Å². The van der Waals surface area contributed by atoms with Gasteiger partial charge in [0.2, 0.25) is 0 Å². The summed E-state index contributed by atoms with van der Waals surface area (Å²) in [6, 6.07) is 4.88. The molecule has 0 spiro atoms. The Morgan fingerprint density at radius 3 is 2.94 bits per heavy atom. The molecule has 0 amide bonds. The van der Waals surface area contributed by atoms with Crippen molar-refractivity contribution in [2.24, 2.45) is 4.99 Å². The molecule has 0 bridgehead atoms. The number of aryl methyl sites for hydroxylation is 1. The second kappa shape index (κ2) is 5.23. The summed E-state index contributed by atoms with van der Waals surface area (Å²) < 4.78 is 0. The van der Waals surface area contributed by atoms with E-state index in [2.05, 4.69) is 43.2 Å². The van der Waals surface area contributed by atoms with Gasteiger partial charge in [-0.05, 0) is 26.0 Å². The molecule has 2 heterocycles. The Kier molecular flexibility index (Phi) is 3.92. The topological polar surface area (TPSA) is 24.4 Å². The molecule has 0 saturated heterocycles. The zero-order valence-corrected chi connectivity index (χ0v) is 11.6. The van der Waals surface area contributed by atoms with E-state index >= 15 is 0 Å². The summed E-state index contributed by atoms with van der Waals surface area (Å²) in [5.41, 5.74) is 0. The molecule has 0 fully saturated rings. The van der Waals surface area contributed by atoms with Gasteiger partial charge in [-0.15, -0.1) is 11.3 Å². The van der Waals surface area contributed by atoms with Gasteiger partial charge >= 0.3 is 0 Å². The minimum Gasteiger partial charge on any atom is -0.362 e. The molecule has 1 aliphatic heterocycles. The standard InChI is InChI=1S/C12H18N2S2/c1-8(6-11-5-4-9(2)15-11)14-12-13-7-10(3)16-12/h4-5,8,10H,6-7H2,1-3H3,(H,13,14). The summed E-state index contributed by atoms with van der Waals surface area (Å²) in [4.78, 5) is 7.32. The Labute approximate surface area is 106 Å². The molecule has 4 heteroatoms. The van der Waals surface area contributed by atoms with Crippen LogP contribution in [0, 0.1) is 6.92 Å². The fraction of sp³-hybridized carbons (Fsp3) is 0.583. The van der Waals surface area contributed by atoms with Crippen LogP contribution in [0.1, 0.15) is 23.6 Å². The molecule has 0 radical (unpaired) electrons. The van der Waals surface area contributed by atoms with Gasteiger partial charge in [-0.25, -0.2) is 0 Å². The third-order valence-electron chi connectivity index (χ3n) is 2.48. The second-order valence-electron chi connectivity index (χ2n) is 4.34.